The number of nitrogens with zero attached hydrogens (tertiary/aromatic N) is 4. The Hall–Kier alpha value is -2.75. The van der Waals surface area contributed by atoms with Crippen molar-refractivity contribution in [3.8, 4) is 5.75 Å². The summed E-state index contributed by atoms with van der Waals surface area (Å²) >= 11 is 0. The molecule has 10 heteroatoms. The minimum Gasteiger partial charge on any atom is -0.494 e. The molecule has 9 nitrogen and oxygen atoms in total. The van der Waals surface area contributed by atoms with Crippen molar-refractivity contribution in [1.82, 2.24) is 14.7 Å². The number of rotatable bonds is 5. The summed E-state index contributed by atoms with van der Waals surface area (Å²) in [5.41, 5.74) is 3.69. The molecule has 0 radical (unpaired) electrons. The molecular formula is C22H31N5O4S. The van der Waals surface area contributed by atoms with Crippen LogP contribution < -0.4 is 15.0 Å². The monoisotopic (exact) mass is 461 g/mol. The summed E-state index contributed by atoms with van der Waals surface area (Å²) in [6, 6.07) is 7.15. The Balaban J connectivity index is 1.37. The molecule has 0 bridgehead atoms. The average molecular weight is 462 g/mol. The van der Waals surface area contributed by atoms with E-state index in [0.29, 0.717) is 39.2 Å². The van der Waals surface area contributed by atoms with Crippen LogP contribution in [0, 0.1) is 13.8 Å². The summed E-state index contributed by atoms with van der Waals surface area (Å²) in [5.74, 6) is 1.17. The SMILES string of the molecule is CCOc1ccc(NC(=O)N2CCN(c3c(C)nn(C4CCS(=O)(=O)C4)c3C)CC2)cc1. The molecule has 2 aromatic rings. The van der Waals surface area contributed by atoms with Crippen molar-refractivity contribution >= 4 is 27.2 Å². The van der Waals surface area contributed by atoms with Crippen molar-refractivity contribution in [3.63, 3.8) is 0 Å². The van der Waals surface area contributed by atoms with Crippen LogP contribution in [0.4, 0.5) is 16.2 Å². The van der Waals surface area contributed by atoms with Gasteiger partial charge < -0.3 is 19.9 Å². The lowest BCUT2D eigenvalue weighted by atomic mass is 10.2. The van der Waals surface area contributed by atoms with Gasteiger partial charge in [-0.3, -0.25) is 4.68 Å². The van der Waals surface area contributed by atoms with Gasteiger partial charge in [0.05, 0.1) is 41.2 Å². The molecule has 1 aromatic heterocycles. The van der Waals surface area contributed by atoms with E-state index in [0.717, 1.165) is 28.5 Å². The van der Waals surface area contributed by atoms with Gasteiger partial charge in [0, 0.05) is 31.9 Å². The molecule has 0 spiro atoms. The highest BCUT2D eigenvalue weighted by Gasteiger charge is 2.33. The Morgan fingerprint density at radius 1 is 1.16 bits per heavy atom. The van der Waals surface area contributed by atoms with E-state index in [1.54, 1.807) is 0 Å². The van der Waals surface area contributed by atoms with Gasteiger partial charge in [-0.05, 0) is 51.5 Å². The number of hydrogen-bond acceptors (Lipinski definition) is 6. The fourth-order valence-electron chi connectivity index (χ4n) is 4.57. The van der Waals surface area contributed by atoms with Gasteiger partial charge >= 0.3 is 6.03 Å². The number of urea groups is 1. The van der Waals surface area contributed by atoms with Crippen LogP contribution in [-0.4, -0.2) is 73.4 Å². The molecular weight excluding hydrogens is 430 g/mol. The first-order valence-corrected chi connectivity index (χ1v) is 12.9. The highest BCUT2D eigenvalue weighted by Crippen LogP contribution is 2.31. The number of anilines is 2. The summed E-state index contributed by atoms with van der Waals surface area (Å²) in [6.45, 7) is 9.12. The standard InChI is InChI=1S/C22H31N5O4S/c1-4-31-20-7-5-18(6-8-20)23-22(28)26-12-10-25(11-13-26)21-16(2)24-27(17(21)3)19-9-14-32(29,30)15-19/h5-8,19H,4,9-15H2,1-3H3,(H,23,28). The normalized spacial score (nSPS) is 20.4. The topological polar surface area (TPSA) is 96.8 Å². The van der Waals surface area contributed by atoms with E-state index >= 15 is 0 Å². The van der Waals surface area contributed by atoms with Crippen LogP contribution in [0.25, 0.3) is 0 Å². The quantitative estimate of drug-likeness (QED) is 0.735. The number of benzene rings is 1. The molecule has 2 aliphatic heterocycles. The third kappa shape index (κ3) is 4.69. The predicted molar refractivity (Wildman–Crippen MR) is 124 cm³/mol. The molecule has 1 unspecified atom stereocenters. The van der Waals surface area contributed by atoms with Crippen LogP contribution in [0.3, 0.4) is 0 Å². The first-order valence-electron chi connectivity index (χ1n) is 11.1. The van der Waals surface area contributed by atoms with E-state index in [1.165, 1.54) is 0 Å². The van der Waals surface area contributed by atoms with Crippen molar-refractivity contribution in [2.75, 3.05) is 54.5 Å². The first-order chi connectivity index (χ1) is 15.3. The lowest BCUT2D eigenvalue weighted by Gasteiger charge is -2.36. The number of piperazine rings is 1. The van der Waals surface area contributed by atoms with Crippen LogP contribution in [0.1, 0.15) is 30.8 Å². The summed E-state index contributed by atoms with van der Waals surface area (Å²) in [7, 11) is -2.97. The Kier molecular flexibility index (Phi) is 6.32. The Bertz CT molecular complexity index is 1070. The van der Waals surface area contributed by atoms with Crippen LogP contribution in [0.15, 0.2) is 24.3 Å². The maximum atomic E-state index is 12.7. The fraction of sp³-hybridized carbons (Fsp3) is 0.545. The maximum Gasteiger partial charge on any atom is 0.321 e. The molecule has 1 N–H and O–H groups in total. The summed E-state index contributed by atoms with van der Waals surface area (Å²) in [5, 5.41) is 7.62. The molecule has 2 fully saturated rings. The van der Waals surface area contributed by atoms with Gasteiger partial charge in [-0.25, -0.2) is 13.2 Å². The number of sulfone groups is 1. The first kappa shape index (κ1) is 22.4. The third-order valence-corrected chi connectivity index (χ3v) is 7.89. The highest BCUT2D eigenvalue weighted by atomic mass is 32.2. The Morgan fingerprint density at radius 2 is 1.84 bits per heavy atom. The minimum absolute atomic E-state index is 0.0892. The Morgan fingerprint density at radius 3 is 2.44 bits per heavy atom. The van der Waals surface area contributed by atoms with Crippen molar-refractivity contribution in [1.29, 1.82) is 0 Å². The zero-order valence-corrected chi connectivity index (χ0v) is 19.7. The second-order valence-corrected chi connectivity index (χ2v) is 10.6. The highest BCUT2D eigenvalue weighted by molar-refractivity contribution is 7.91. The van der Waals surface area contributed by atoms with Gasteiger partial charge in [0.25, 0.3) is 0 Å². The summed E-state index contributed by atoms with van der Waals surface area (Å²) in [4.78, 5) is 16.7. The molecule has 2 saturated heterocycles. The molecule has 3 heterocycles. The van der Waals surface area contributed by atoms with E-state index < -0.39 is 9.84 Å². The molecule has 2 aliphatic rings. The van der Waals surface area contributed by atoms with Crippen LogP contribution in [0.2, 0.25) is 0 Å². The second-order valence-electron chi connectivity index (χ2n) is 8.38. The van der Waals surface area contributed by atoms with E-state index in [2.05, 4.69) is 15.3 Å². The average Bonchev–Trinajstić information content (AvgIpc) is 3.27. The van der Waals surface area contributed by atoms with E-state index in [1.807, 2.05) is 54.6 Å². The summed E-state index contributed by atoms with van der Waals surface area (Å²) in [6.07, 6.45) is 0.614. The van der Waals surface area contributed by atoms with Crippen molar-refractivity contribution < 1.29 is 17.9 Å². The number of nitrogens with one attached hydrogen (secondary N) is 1. The van der Waals surface area contributed by atoms with Gasteiger partial charge in [-0.15, -0.1) is 0 Å². The molecule has 0 aliphatic carbocycles. The van der Waals surface area contributed by atoms with E-state index in [4.69, 9.17) is 4.74 Å². The van der Waals surface area contributed by atoms with Crippen LogP contribution in [0.5, 0.6) is 5.75 Å². The van der Waals surface area contributed by atoms with Crippen LogP contribution in [-0.2, 0) is 9.84 Å². The number of carbonyl (C=O) groups excluding carboxylic acids is 1. The maximum absolute atomic E-state index is 12.7. The second kappa shape index (κ2) is 9.01. The van der Waals surface area contributed by atoms with Crippen molar-refractivity contribution in [3.05, 3.63) is 35.7 Å². The van der Waals surface area contributed by atoms with E-state index in [-0.39, 0.29) is 23.6 Å². The molecule has 4 rings (SSSR count). The number of ether oxygens (including phenoxy) is 1. The number of aryl methyl sites for hydroxylation is 1. The van der Waals surface area contributed by atoms with Gasteiger partial charge in [-0.1, -0.05) is 0 Å². The molecule has 0 saturated carbocycles. The number of carbonyl (C=O) groups is 1. The lowest BCUT2D eigenvalue weighted by Crippen LogP contribution is -2.50. The smallest absolute Gasteiger partial charge is 0.321 e. The minimum atomic E-state index is -2.97. The largest absolute Gasteiger partial charge is 0.494 e. The van der Waals surface area contributed by atoms with Gasteiger partial charge in [0.1, 0.15) is 5.75 Å². The molecule has 32 heavy (non-hydrogen) atoms. The molecule has 1 atom stereocenters. The third-order valence-electron chi connectivity index (χ3n) is 6.14. The zero-order chi connectivity index (χ0) is 22.9. The number of aromatic nitrogens is 2. The van der Waals surface area contributed by atoms with Crippen molar-refractivity contribution in [2.45, 2.75) is 33.2 Å². The summed E-state index contributed by atoms with van der Waals surface area (Å²) < 4.78 is 31.1. The van der Waals surface area contributed by atoms with Crippen molar-refractivity contribution in [2.24, 2.45) is 0 Å². The number of amides is 2. The Labute approximate surface area is 189 Å². The molecule has 174 valence electrons. The number of hydrogen-bond donors (Lipinski definition) is 1. The zero-order valence-electron chi connectivity index (χ0n) is 18.9. The lowest BCUT2D eigenvalue weighted by molar-refractivity contribution is 0.208. The van der Waals surface area contributed by atoms with E-state index in [9.17, 15) is 13.2 Å². The molecule has 1 aromatic carbocycles. The molecule has 2 amide bonds. The van der Waals surface area contributed by atoms with Crippen LogP contribution >= 0.6 is 0 Å². The van der Waals surface area contributed by atoms with Gasteiger partial charge in [0.15, 0.2) is 9.84 Å². The van der Waals surface area contributed by atoms with Gasteiger partial charge in [0.2, 0.25) is 0 Å². The fourth-order valence-corrected chi connectivity index (χ4v) is 6.26. The van der Waals surface area contributed by atoms with Gasteiger partial charge in [-0.2, -0.15) is 5.10 Å². The predicted octanol–water partition coefficient (Wildman–Crippen LogP) is 2.61.